The third-order valence-electron chi connectivity index (χ3n) is 4.96. The van der Waals surface area contributed by atoms with Gasteiger partial charge in [-0.05, 0) is 57.9 Å². The molecule has 0 aliphatic heterocycles. The van der Waals surface area contributed by atoms with Crippen LogP contribution in [0.3, 0.4) is 0 Å². The van der Waals surface area contributed by atoms with Crippen LogP contribution in [0.25, 0.3) is 0 Å². The number of alkyl halides is 3. The van der Waals surface area contributed by atoms with E-state index in [1.165, 1.54) is 19.4 Å². The fourth-order valence-electron chi connectivity index (χ4n) is 3.20. The summed E-state index contributed by atoms with van der Waals surface area (Å²) in [5, 5.41) is 15.3. The maximum Gasteiger partial charge on any atom is 0.416 e. The molecule has 3 aromatic carbocycles. The minimum absolute atomic E-state index is 0.0866. The topological polar surface area (TPSA) is 113 Å². The number of carbonyl (C=O) groups excluding carboxylic acids is 2. The number of methoxy groups -OCH3 is 1. The highest BCUT2D eigenvalue weighted by molar-refractivity contribution is 9.10. The summed E-state index contributed by atoms with van der Waals surface area (Å²) in [6.45, 7) is 0.130. The van der Waals surface area contributed by atoms with Gasteiger partial charge in [-0.1, -0.05) is 24.3 Å². The quantitative estimate of drug-likeness (QED) is 0.197. The number of nitrogens with zero attached hydrogens (tertiary/aromatic N) is 2. The summed E-state index contributed by atoms with van der Waals surface area (Å²) in [7, 11) is 1.45. The first-order valence-electron chi connectivity index (χ1n) is 10.9. The van der Waals surface area contributed by atoms with Crippen molar-refractivity contribution in [2.45, 2.75) is 19.2 Å². The Morgan fingerprint density at radius 1 is 1.11 bits per heavy atom. The van der Waals surface area contributed by atoms with Crippen LogP contribution >= 0.6 is 15.9 Å². The van der Waals surface area contributed by atoms with Gasteiger partial charge in [0, 0.05) is 11.3 Å². The number of hydrogen-bond acceptors (Lipinski definition) is 6. The Morgan fingerprint density at radius 2 is 1.87 bits per heavy atom. The van der Waals surface area contributed by atoms with E-state index in [-0.39, 0.29) is 12.3 Å². The zero-order valence-corrected chi connectivity index (χ0v) is 21.4. The van der Waals surface area contributed by atoms with Crippen molar-refractivity contribution in [3.05, 3.63) is 87.4 Å². The Balaban J connectivity index is 1.58. The number of hydrazone groups is 1. The van der Waals surface area contributed by atoms with Crippen LogP contribution in [0.2, 0.25) is 0 Å². The molecule has 2 amide bonds. The van der Waals surface area contributed by atoms with Crippen LogP contribution in [0, 0.1) is 11.3 Å². The van der Waals surface area contributed by atoms with Crippen LogP contribution in [0.15, 0.2) is 70.2 Å². The van der Waals surface area contributed by atoms with E-state index in [0.29, 0.717) is 32.7 Å². The first kappa shape index (κ1) is 28.2. The van der Waals surface area contributed by atoms with Gasteiger partial charge in [-0.2, -0.15) is 23.5 Å². The average molecular weight is 589 g/mol. The van der Waals surface area contributed by atoms with Gasteiger partial charge in [-0.3, -0.25) is 9.59 Å². The molecule has 0 heterocycles. The van der Waals surface area contributed by atoms with Gasteiger partial charge < -0.3 is 14.8 Å². The molecule has 196 valence electrons. The van der Waals surface area contributed by atoms with Crippen LogP contribution in [0.1, 0.15) is 28.7 Å². The molecule has 0 aliphatic carbocycles. The number of halogens is 4. The molecule has 0 radical (unpaired) electrons. The largest absolute Gasteiger partial charge is 0.493 e. The second kappa shape index (κ2) is 12.7. The number of nitriles is 1. The molecule has 0 atom stereocenters. The summed E-state index contributed by atoms with van der Waals surface area (Å²) in [4.78, 5) is 24.1. The lowest BCUT2D eigenvalue weighted by atomic mass is 10.1. The molecule has 3 rings (SSSR count). The van der Waals surface area contributed by atoms with Gasteiger partial charge in [-0.25, -0.2) is 5.43 Å². The number of hydrogen-bond donors (Lipinski definition) is 2. The van der Waals surface area contributed by atoms with Gasteiger partial charge in [0.2, 0.25) is 11.8 Å². The molecule has 2 N–H and O–H groups in total. The lowest BCUT2D eigenvalue weighted by Gasteiger charge is -2.14. The number of nitrogens with one attached hydrogen (secondary N) is 2. The molecule has 0 unspecified atom stereocenters. The number of rotatable bonds is 9. The summed E-state index contributed by atoms with van der Waals surface area (Å²) in [6.07, 6.45) is -3.90. The normalized spacial score (nSPS) is 11.1. The average Bonchev–Trinajstić information content (AvgIpc) is 2.87. The second-order valence-corrected chi connectivity index (χ2v) is 8.54. The highest BCUT2D eigenvalue weighted by Crippen LogP contribution is 2.37. The molecule has 38 heavy (non-hydrogen) atoms. The number of amides is 2. The summed E-state index contributed by atoms with van der Waals surface area (Å²) >= 11 is 3.41. The van der Waals surface area contributed by atoms with E-state index in [9.17, 15) is 28.0 Å². The zero-order valence-electron chi connectivity index (χ0n) is 19.8. The Bertz CT molecular complexity index is 1400. The van der Waals surface area contributed by atoms with Crippen molar-refractivity contribution in [2.75, 3.05) is 12.4 Å². The van der Waals surface area contributed by atoms with Gasteiger partial charge >= 0.3 is 6.18 Å². The maximum absolute atomic E-state index is 12.8. The molecule has 3 aromatic rings. The monoisotopic (exact) mass is 588 g/mol. The van der Waals surface area contributed by atoms with Crippen LogP contribution in [0.4, 0.5) is 18.9 Å². The van der Waals surface area contributed by atoms with E-state index in [4.69, 9.17) is 9.47 Å². The Hall–Kier alpha value is -4.37. The minimum Gasteiger partial charge on any atom is -0.493 e. The standard InChI is InChI=1S/C26H20BrF3N4O4/c1-37-22-10-16(9-21(27)25(22)38-15-18-6-3-2-5-17(18)13-31)14-32-34-24(36)12-23(35)33-20-8-4-7-19(11-20)26(28,29)30/h2-11,14H,12,15H2,1H3,(H,33,35)(H,34,36). The number of anilines is 1. The maximum atomic E-state index is 12.8. The van der Waals surface area contributed by atoms with Crippen molar-refractivity contribution in [2.24, 2.45) is 5.10 Å². The molecular weight excluding hydrogens is 569 g/mol. The van der Waals surface area contributed by atoms with Gasteiger partial charge in [0.25, 0.3) is 0 Å². The summed E-state index contributed by atoms with van der Waals surface area (Å²) in [5.74, 6) is -0.816. The van der Waals surface area contributed by atoms with Crippen LogP contribution in [-0.4, -0.2) is 25.1 Å². The summed E-state index contributed by atoms with van der Waals surface area (Å²) in [5.41, 5.74) is 2.89. The van der Waals surface area contributed by atoms with Crippen LogP contribution in [0.5, 0.6) is 11.5 Å². The van der Waals surface area contributed by atoms with Crippen molar-refractivity contribution < 1.29 is 32.2 Å². The Labute approximate surface area is 224 Å². The Morgan fingerprint density at radius 3 is 2.58 bits per heavy atom. The van der Waals surface area contributed by atoms with Crippen LogP contribution < -0.4 is 20.2 Å². The molecule has 0 aliphatic rings. The lowest BCUT2D eigenvalue weighted by molar-refractivity contribution is -0.137. The highest BCUT2D eigenvalue weighted by atomic mass is 79.9. The van der Waals surface area contributed by atoms with E-state index < -0.39 is 30.0 Å². The molecule has 0 saturated carbocycles. The fraction of sp³-hybridized carbons (Fsp3) is 0.154. The predicted molar refractivity (Wildman–Crippen MR) is 137 cm³/mol. The fourth-order valence-corrected chi connectivity index (χ4v) is 3.78. The lowest BCUT2D eigenvalue weighted by Crippen LogP contribution is -2.24. The molecule has 8 nitrogen and oxygen atoms in total. The minimum atomic E-state index is -4.56. The zero-order chi connectivity index (χ0) is 27.7. The molecule has 0 spiro atoms. The number of benzene rings is 3. The van der Waals surface area contributed by atoms with Gasteiger partial charge in [0.1, 0.15) is 13.0 Å². The van der Waals surface area contributed by atoms with Gasteiger partial charge in [0.05, 0.1) is 35.0 Å². The summed E-state index contributed by atoms with van der Waals surface area (Å²) in [6, 6.07) is 16.5. The molecule has 0 aromatic heterocycles. The SMILES string of the molecule is COc1cc(C=NNC(=O)CC(=O)Nc2cccc(C(F)(F)F)c2)cc(Br)c1OCc1ccccc1C#N. The molecule has 0 saturated heterocycles. The second-order valence-electron chi connectivity index (χ2n) is 7.69. The Kier molecular flexibility index (Phi) is 9.45. The van der Waals surface area contributed by atoms with Crippen molar-refractivity contribution in [3.8, 4) is 17.6 Å². The molecule has 0 fully saturated rings. The first-order chi connectivity index (χ1) is 18.1. The number of ether oxygens (including phenoxy) is 2. The van der Waals surface area contributed by atoms with Crippen molar-refractivity contribution >= 4 is 39.6 Å². The third kappa shape index (κ3) is 7.81. The van der Waals surface area contributed by atoms with Crippen molar-refractivity contribution in [1.82, 2.24) is 5.43 Å². The van der Waals surface area contributed by atoms with Crippen molar-refractivity contribution in [3.63, 3.8) is 0 Å². The van der Waals surface area contributed by atoms with Gasteiger partial charge in [0.15, 0.2) is 11.5 Å². The summed E-state index contributed by atoms with van der Waals surface area (Å²) < 4.78 is 50.2. The van der Waals surface area contributed by atoms with Crippen LogP contribution in [-0.2, 0) is 22.4 Å². The predicted octanol–water partition coefficient (Wildman–Crippen LogP) is 5.41. The van der Waals surface area contributed by atoms with E-state index in [0.717, 1.165) is 18.2 Å². The first-order valence-corrected chi connectivity index (χ1v) is 11.7. The van der Waals surface area contributed by atoms with Crippen molar-refractivity contribution in [1.29, 1.82) is 5.26 Å². The van der Waals surface area contributed by atoms with E-state index in [1.807, 2.05) is 0 Å². The third-order valence-corrected chi connectivity index (χ3v) is 5.55. The number of carbonyl (C=O) groups is 2. The molecular formula is C26H20BrF3N4O4. The smallest absolute Gasteiger partial charge is 0.416 e. The molecule has 0 bridgehead atoms. The van der Waals surface area contributed by atoms with E-state index in [1.54, 1.807) is 36.4 Å². The van der Waals surface area contributed by atoms with E-state index in [2.05, 4.69) is 37.8 Å². The van der Waals surface area contributed by atoms with E-state index >= 15 is 0 Å². The highest BCUT2D eigenvalue weighted by Gasteiger charge is 2.30. The van der Waals surface area contributed by atoms with Gasteiger partial charge in [-0.15, -0.1) is 0 Å². The molecule has 12 heteroatoms.